The van der Waals surface area contributed by atoms with Crippen molar-refractivity contribution in [3.8, 4) is 0 Å². The van der Waals surface area contributed by atoms with E-state index >= 15 is 0 Å². The van der Waals surface area contributed by atoms with Gasteiger partial charge >= 0.3 is 0 Å². The van der Waals surface area contributed by atoms with Crippen LogP contribution in [-0.2, 0) is 11.3 Å². The van der Waals surface area contributed by atoms with Gasteiger partial charge in [0.2, 0.25) is 5.91 Å². The number of nitrogens with two attached hydrogens (primary N) is 1. The predicted octanol–water partition coefficient (Wildman–Crippen LogP) is 4.02. The lowest BCUT2D eigenvalue weighted by Crippen LogP contribution is -2.23. The summed E-state index contributed by atoms with van der Waals surface area (Å²) in [5.41, 5.74) is 8.62. The molecule has 2 atom stereocenters. The van der Waals surface area contributed by atoms with E-state index in [0.717, 1.165) is 30.6 Å². The molecule has 1 aliphatic rings. The van der Waals surface area contributed by atoms with E-state index < -0.39 is 0 Å². The number of amides is 1. The Morgan fingerprint density at radius 1 is 1.17 bits per heavy atom. The van der Waals surface area contributed by atoms with Crippen LogP contribution in [0.1, 0.15) is 24.8 Å². The van der Waals surface area contributed by atoms with E-state index in [1.54, 1.807) is 6.07 Å². The van der Waals surface area contributed by atoms with Crippen molar-refractivity contribution in [2.45, 2.75) is 31.8 Å². The van der Waals surface area contributed by atoms with Crippen LogP contribution in [0.15, 0.2) is 48.5 Å². The third-order valence-electron chi connectivity index (χ3n) is 4.41. The molecule has 0 radical (unpaired) electrons. The molecule has 2 aromatic rings. The van der Waals surface area contributed by atoms with Crippen LogP contribution in [0.5, 0.6) is 0 Å². The highest BCUT2D eigenvalue weighted by Crippen LogP contribution is 2.28. The molecule has 5 heteroatoms. The maximum absolute atomic E-state index is 12.2. The van der Waals surface area contributed by atoms with Crippen molar-refractivity contribution in [2.75, 3.05) is 10.6 Å². The zero-order valence-corrected chi connectivity index (χ0v) is 14.2. The number of rotatable bonds is 5. The van der Waals surface area contributed by atoms with E-state index in [-0.39, 0.29) is 17.9 Å². The highest BCUT2D eigenvalue weighted by atomic mass is 35.5. The maximum Gasteiger partial charge on any atom is 0.227 e. The minimum Gasteiger partial charge on any atom is -0.380 e. The molecule has 2 aromatic carbocycles. The minimum absolute atomic E-state index is 0.00894. The van der Waals surface area contributed by atoms with Crippen LogP contribution < -0.4 is 16.4 Å². The third kappa shape index (κ3) is 4.28. The normalized spacial score (nSPS) is 19.9. The van der Waals surface area contributed by atoms with Gasteiger partial charge in [0, 0.05) is 24.2 Å². The minimum atomic E-state index is 0.00894. The van der Waals surface area contributed by atoms with E-state index in [1.807, 2.05) is 30.3 Å². The zero-order valence-electron chi connectivity index (χ0n) is 13.5. The molecule has 1 fully saturated rings. The van der Waals surface area contributed by atoms with Gasteiger partial charge in [0.15, 0.2) is 0 Å². The summed E-state index contributed by atoms with van der Waals surface area (Å²) in [6.07, 6.45) is 2.54. The molecule has 1 saturated carbocycles. The van der Waals surface area contributed by atoms with Crippen LogP contribution >= 0.6 is 11.6 Å². The first-order valence-electron chi connectivity index (χ1n) is 8.25. The van der Waals surface area contributed by atoms with Crippen LogP contribution in [0.2, 0.25) is 5.02 Å². The van der Waals surface area contributed by atoms with Gasteiger partial charge in [0.25, 0.3) is 0 Å². The fourth-order valence-electron chi connectivity index (χ4n) is 3.03. The Kier molecular flexibility index (Phi) is 5.38. The van der Waals surface area contributed by atoms with E-state index in [0.29, 0.717) is 11.6 Å². The van der Waals surface area contributed by atoms with Gasteiger partial charge in [0.1, 0.15) is 0 Å². The standard InChI is InChI=1S/C19H22ClN3O/c20-17-11-16(23-19(24)14-6-7-15(21)10-14)8-9-18(17)22-12-13-4-2-1-3-5-13/h1-5,8-9,11,14-15,22H,6-7,10,12,21H2,(H,23,24). The van der Waals surface area contributed by atoms with Gasteiger partial charge in [-0.3, -0.25) is 4.79 Å². The van der Waals surface area contributed by atoms with Crippen molar-refractivity contribution in [1.29, 1.82) is 0 Å². The lowest BCUT2D eigenvalue weighted by Gasteiger charge is -2.13. The summed E-state index contributed by atoms with van der Waals surface area (Å²) < 4.78 is 0. The summed E-state index contributed by atoms with van der Waals surface area (Å²) in [7, 11) is 0. The van der Waals surface area contributed by atoms with E-state index in [1.165, 1.54) is 5.56 Å². The highest BCUT2D eigenvalue weighted by molar-refractivity contribution is 6.33. The molecule has 126 valence electrons. The molecule has 1 amide bonds. The lowest BCUT2D eigenvalue weighted by molar-refractivity contribution is -0.119. The highest BCUT2D eigenvalue weighted by Gasteiger charge is 2.27. The quantitative estimate of drug-likeness (QED) is 0.768. The topological polar surface area (TPSA) is 67.2 Å². The number of benzene rings is 2. The first-order chi connectivity index (χ1) is 11.6. The van der Waals surface area contributed by atoms with Crippen LogP contribution in [0.4, 0.5) is 11.4 Å². The monoisotopic (exact) mass is 343 g/mol. The summed E-state index contributed by atoms with van der Waals surface area (Å²) in [6.45, 7) is 0.701. The second-order valence-corrected chi connectivity index (χ2v) is 6.70. The maximum atomic E-state index is 12.2. The molecule has 4 N–H and O–H groups in total. The van der Waals surface area contributed by atoms with E-state index in [9.17, 15) is 4.79 Å². The van der Waals surface area contributed by atoms with Crippen molar-refractivity contribution in [3.05, 3.63) is 59.1 Å². The molecule has 0 heterocycles. The average molecular weight is 344 g/mol. The molecular weight excluding hydrogens is 322 g/mol. The van der Waals surface area contributed by atoms with E-state index in [4.69, 9.17) is 17.3 Å². The number of nitrogens with one attached hydrogen (secondary N) is 2. The Bertz CT molecular complexity index is 705. The second-order valence-electron chi connectivity index (χ2n) is 6.29. The molecular formula is C19H22ClN3O. The molecule has 3 rings (SSSR count). The van der Waals surface area contributed by atoms with Crippen LogP contribution in [0.25, 0.3) is 0 Å². The van der Waals surface area contributed by atoms with E-state index in [2.05, 4.69) is 22.8 Å². The number of carbonyl (C=O) groups excluding carboxylic acids is 1. The third-order valence-corrected chi connectivity index (χ3v) is 4.72. The zero-order chi connectivity index (χ0) is 16.9. The van der Waals surface area contributed by atoms with Crippen molar-refractivity contribution in [2.24, 2.45) is 11.7 Å². The van der Waals surface area contributed by atoms with Crippen molar-refractivity contribution < 1.29 is 4.79 Å². The summed E-state index contributed by atoms with van der Waals surface area (Å²) in [4.78, 5) is 12.2. The molecule has 0 bridgehead atoms. The van der Waals surface area contributed by atoms with Gasteiger partial charge in [-0.1, -0.05) is 41.9 Å². The number of hydrogen-bond acceptors (Lipinski definition) is 3. The molecule has 0 aromatic heterocycles. The summed E-state index contributed by atoms with van der Waals surface area (Å²) in [6, 6.07) is 15.8. The Hall–Kier alpha value is -2.04. The van der Waals surface area contributed by atoms with Gasteiger partial charge in [-0.05, 0) is 43.0 Å². The number of carbonyl (C=O) groups is 1. The number of anilines is 2. The fourth-order valence-corrected chi connectivity index (χ4v) is 3.28. The fraction of sp³-hybridized carbons (Fsp3) is 0.316. The van der Waals surface area contributed by atoms with Crippen molar-refractivity contribution >= 4 is 28.9 Å². The van der Waals surface area contributed by atoms with Crippen molar-refractivity contribution in [1.82, 2.24) is 0 Å². The smallest absolute Gasteiger partial charge is 0.227 e. The van der Waals surface area contributed by atoms with Gasteiger partial charge < -0.3 is 16.4 Å². The Morgan fingerprint density at radius 3 is 2.62 bits per heavy atom. The predicted molar refractivity (Wildman–Crippen MR) is 99.2 cm³/mol. The van der Waals surface area contributed by atoms with Gasteiger partial charge in [-0.15, -0.1) is 0 Å². The SMILES string of the molecule is NC1CCC(C(=O)Nc2ccc(NCc3ccccc3)c(Cl)c2)C1. The van der Waals surface area contributed by atoms with Gasteiger partial charge in [-0.25, -0.2) is 0 Å². The Balaban J connectivity index is 1.59. The number of hydrogen-bond donors (Lipinski definition) is 3. The van der Waals surface area contributed by atoms with Crippen LogP contribution in [0, 0.1) is 5.92 Å². The largest absolute Gasteiger partial charge is 0.380 e. The first-order valence-corrected chi connectivity index (χ1v) is 8.63. The number of halogens is 1. The van der Waals surface area contributed by atoms with Gasteiger partial charge in [0.05, 0.1) is 10.7 Å². The molecule has 0 saturated heterocycles. The Morgan fingerprint density at radius 2 is 1.96 bits per heavy atom. The van der Waals surface area contributed by atoms with Crippen molar-refractivity contribution in [3.63, 3.8) is 0 Å². The summed E-state index contributed by atoms with van der Waals surface area (Å²) >= 11 is 6.33. The molecule has 1 aliphatic carbocycles. The average Bonchev–Trinajstić information content (AvgIpc) is 3.02. The molecule has 4 nitrogen and oxygen atoms in total. The molecule has 0 aliphatic heterocycles. The van der Waals surface area contributed by atoms with Gasteiger partial charge in [-0.2, -0.15) is 0 Å². The molecule has 2 unspecified atom stereocenters. The van der Waals surface area contributed by atoms with Crippen LogP contribution in [0.3, 0.4) is 0 Å². The Labute approximate surface area is 147 Å². The lowest BCUT2D eigenvalue weighted by atomic mass is 10.1. The first kappa shape index (κ1) is 16.8. The molecule has 0 spiro atoms. The van der Waals surface area contributed by atoms with Crippen LogP contribution in [-0.4, -0.2) is 11.9 Å². The summed E-state index contributed by atoms with van der Waals surface area (Å²) in [5.74, 6) is 0.0404. The summed E-state index contributed by atoms with van der Waals surface area (Å²) in [5, 5.41) is 6.84. The second kappa shape index (κ2) is 7.69. The molecule has 24 heavy (non-hydrogen) atoms.